The van der Waals surface area contributed by atoms with Crippen LogP contribution in [0.3, 0.4) is 0 Å². The molecule has 18 heavy (non-hydrogen) atoms. The quantitative estimate of drug-likeness (QED) is 0.714. The largest absolute Gasteiger partial charge is 0.396 e. The minimum atomic E-state index is 0.298. The lowest BCUT2D eigenvalue weighted by Gasteiger charge is -2.39. The van der Waals surface area contributed by atoms with Gasteiger partial charge in [-0.2, -0.15) is 0 Å². The molecule has 0 bridgehead atoms. The maximum absolute atomic E-state index is 9.38. The van der Waals surface area contributed by atoms with Crippen molar-refractivity contribution < 1.29 is 5.11 Å². The van der Waals surface area contributed by atoms with E-state index in [2.05, 4.69) is 34.7 Å². The van der Waals surface area contributed by atoms with E-state index in [9.17, 15) is 5.11 Å². The third-order valence-corrected chi connectivity index (χ3v) is 4.66. The molecule has 3 N–H and O–H groups in total. The third-order valence-electron chi connectivity index (χ3n) is 4.66. The highest BCUT2D eigenvalue weighted by atomic mass is 16.3. The number of aromatic amines is 1. The fourth-order valence-electron chi connectivity index (χ4n) is 3.76. The summed E-state index contributed by atoms with van der Waals surface area (Å²) in [5, 5.41) is 14.4. The van der Waals surface area contributed by atoms with Crippen molar-refractivity contribution in [2.45, 2.75) is 24.8 Å². The Morgan fingerprint density at radius 1 is 1.33 bits per heavy atom. The van der Waals surface area contributed by atoms with E-state index < -0.39 is 0 Å². The average molecular weight is 242 g/mol. The lowest BCUT2D eigenvalue weighted by atomic mass is 9.73. The molecule has 2 aromatic rings. The predicted octanol–water partition coefficient (Wildman–Crippen LogP) is 1.78. The summed E-state index contributed by atoms with van der Waals surface area (Å²) >= 11 is 0. The van der Waals surface area contributed by atoms with Crippen LogP contribution in [0.4, 0.5) is 0 Å². The van der Waals surface area contributed by atoms with E-state index in [1.165, 1.54) is 22.0 Å². The Hall–Kier alpha value is -1.32. The van der Waals surface area contributed by atoms with Gasteiger partial charge in [0.15, 0.2) is 0 Å². The maximum Gasteiger partial charge on any atom is 0.0471 e. The van der Waals surface area contributed by atoms with E-state index in [0.29, 0.717) is 24.5 Å². The van der Waals surface area contributed by atoms with Crippen LogP contribution in [-0.2, 0) is 6.42 Å². The van der Waals surface area contributed by atoms with Gasteiger partial charge >= 0.3 is 0 Å². The van der Waals surface area contributed by atoms with Crippen molar-refractivity contribution in [2.75, 3.05) is 13.2 Å². The standard InChI is InChI=1S/C15H18N2O/c18-8-9-4-12-11-2-1-3-13-15(11)10(7-17-13)5-14(12)16-6-9/h1-3,7,9,12,14,16-18H,4-6,8H2/t9-,12-,14-/m1/s1. The van der Waals surface area contributed by atoms with Gasteiger partial charge in [-0.05, 0) is 36.0 Å². The number of hydrogen-bond donors (Lipinski definition) is 3. The molecule has 94 valence electrons. The smallest absolute Gasteiger partial charge is 0.0471 e. The normalized spacial score (nSPS) is 30.4. The van der Waals surface area contributed by atoms with Crippen LogP contribution in [0.5, 0.6) is 0 Å². The second kappa shape index (κ2) is 3.84. The van der Waals surface area contributed by atoms with E-state index in [-0.39, 0.29) is 0 Å². The van der Waals surface area contributed by atoms with Gasteiger partial charge in [-0.25, -0.2) is 0 Å². The molecule has 3 heteroatoms. The number of nitrogens with one attached hydrogen (secondary N) is 2. The number of rotatable bonds is 1. The Kier molecular flexibility index (Phi) is 2.26. The first-order chi connectivity index (χ1) is 8.86. The minimum absolute atomic E-state index is 0.298. The molecule has 2 heterocycles. The Morgan fingerprint density at radius 2 is 2.28 bits per heavy atom. The van der Waals surface area contributed by atoms with Gasteiger partial charge in [0.05, 0.1) is 0 Å². The van der Waals surface area contributed by atoms with Crippen molar-refractivity contribution in [3.63, 3.8) is 0 Å². The molecule has 1 aliphatic heterocycles. The van der Waals surface area contributed by atoms with Gasteiger partial charge in [0.25, 0.3) is 0 Å². The van der Waals surface area contributed by atoms with Crippen LogP contribution in [0.2, 0.25) is 0 Å². The number of H-pyrrole nitrogens is 1. The number of fused-ring (bicyclic) bond motifs is 2. The zero-order valence-electron chi connectivity index (χ0n) is 10.3. The molecule has 1 fully saturated rings. The van der Waals surface area contributed by atoms with E-state index >= 15 is 0 Å². The number of aromatic nitrogens is 1. The van der Waals surface area contributed by atoms with Crippen LogP contribution in [0.25, 0.3) is 10.9 Å². The van der Waals surface area contributed by atoms with Crippen LogP contribution < -0.4 is 5.32 Å². The van der Waals surface area contributed by atoms with Crippen LogP contribution >= 0.6 is 0 Å². The van der Waals surface area contributed by atoms with Crippen LogP contribution in [0.1, 0.15) is 23.5 Å². The molecule has 2 aliphatic rings. The second-order valence-corrected chi connectivity index (χ2v) is 5.69. The number of aliphatic hydroxyl groups excluding tert-OH is 1. The summed E-state index contributed by atoms with van der Waals surface area (Å²) in [4.78, 5) is 3.38. The molecule has 1 aromatic heterocycles. The highest BCUT2D eigenvalue weighted by Crippen LogP contribution is 2.41. The van der Waals surface area contributed by atoms with Crippen LogP contribution in [-0.4, -0.2) is 29.3 Å². The monoisotopic (exact) mass is 242 g/mol. The van der Waals surface area contributed by atoms with Gasteiger partial charge < -0.3 is 15.4 Å². The molecule has 1 aliphatic carbocycles. The van der Waals surface area contributed by atoms with Crippen molar-refractivity contribution in [1.82, 2.24) is 10.3 Å². The van der Waals surface area contributed by atoms with Crippen molar-refractivity contribution in [1.29, 1.82) is 0 Å². The van der Waals surface area contributed by atoms with Gasteiger partial charge in [-0.3, -0.25) is 0 Å². The van der Waals surface area contributed by atoms with Crippen LogP contribution in [0.15, 0.2) is 24.4 Å². The number of benzene rings is 1. The zero-order valence-corrected chi connectivity index (χ0v) is 10.3. The molecular formula is C15H18N2O. The molecule has 0 unspecified atom stereocenters. The average Bonchev–Trinajstić information content (AvgIpc) is 2.83. The lowest BCUT2D eigenvalue weighted by molar-refractivity contribution is 0.168. The van der Waals surface area contributed by atoms with E-state index in [1.807, 2.05) is 0 Å². The predicted molar refractivity (Wildman–Crippen MR) is 71.7 cm³/mol. The van der Waals surface area contributed by atoms with Gasteiger partial charge in [-0.1, -0.05) is 12.1 Å². The molecule has 1 aromatic carbocycles. The van der Waals surface area contributed by atoms with Gasteiger partial charge in [0.1, 0.15) is 0 Å². The van der Waals surface area contributed by atoms with E-state index in [1.54, 1.807) is 0 Å². The Balaban J connectivity index is 1.85. The third kappa shape index (κ3) is 1.38. The highest BCUT2D eigenvalue weighted by Gasteiger charge is 2.35. The number of aliphatic hydroxyl groups is 1. The summed E-state index contributed by atoms with van der Waals surface area (Å²) in [6.45, 7) is 1.25. The maximum atomic E-state index is 9.38. The first-order valence-electron chi connectivity index (χ1n) is 6.80. The SMILES string of the molecule is OC[C@H]1CN[C@@H]2Cc3c[nH]c4cccc(c34)[C@H]2C1. The van der Waals surface area contributed by atoms with Gasteiger partial charge in [-0.15, -0.1) is 0 Å². The number of hydrogen-bond acceptors (Lipinski definition) is 2. The first kappa shape index (κ1) is 10.6. The van der Waals surface area contributed by atoms with Crippen LogP contribution in [0, 0.1) is 5.92 Å². The summed E-state index contributed by atoms with van der Waals surface area (Å²) in [5.41, 5.74) is 4.16. The molecule has 0 amide bonds. The van der Waals surface area contributed by atoms with E-state index in [0.717, 1.165) is 19.4 Å². The van der Waals surface area contributed by atoms with Crippen molar-refractivity contribution >= 4 is 10.9 Å². The van der Waals surface area contributed by atoms with Crippen molar-refractivity contribution in [3.05, 3.63) is 35.5 Å². The Bertz CT molecular complexity index is 589. The molecule has 4 rings (SSSR count). The summed E-state index contributed by atoms with van der Waals surface area (Å²) in [7, 11) is 0. The molecule has 3 atom stereocenters. The summed E-state index contributed by atoms with van der Waals surface area (Å²) in [6.07, 6.45) is 4.38. The molecule has 0 radical (unpaired) electrons. The second-order valence-electron chi connectivity index (χ2n) is 5.69. The molecular weight excluding hydrogens is 224 g/mol. The highest BCUT2D eigenvalue weighted by molar-refractivity contribution is 5.88. The molecule has 0 spiro atoms. The summed E-state index contributed by atoms with van der Waals surface area (Å²) < 4.78 is 0. The summed E-state index contributed by atoms with van der Waals surface area (Å²) in [5.74, 6) is 0.963. The fourth-order valence-corrected chi connectivity index (χ4v) is 3.76. The molecule has 0 saturated carbocycles. The van der Waals surface area contributed by atoms with Gasteiger partial charge in [0.2, 0.25) is 0 Å². The van der Waals surface area contributed by atoms with Gasteiger partial charge in [0, 0.05) is 42.2 Å². The molecule has 1 saturated heterocycles. The minimum Gasteiger partial charge on any atom is -0.396 e. The van der Waals surface area contributed by atoms with Crippen molar-refractivity contribution in [2.24, 2.45) is 5.92 Å². The lowest BCUT2D eigenvalue weighted by Crippen LogP contribution is -2.47. The zero-order chi connectivity index (χ0) is 12.1. The van der Waals surface area contributed by atoms with Crippen molar-refractivity contribution in [3.8, 4) is 0 Å². The molecule has 3 nitrogen and oxygen atoms in total. The Labute approximate surface area is 106 Å². The first-order valence-corrected chi connectivity index (χ1v) is 6.80. The number of piperidine rings is 1. The topological polar surface area (TPSA) is 48.0 Å². The summed E-state index contributed by atoms with van der Waals surface area (Å²) in [6, 6.07) is 7.10. The van der Waals surface area contributed by atoms with E-state index in [4.69, 9.17) is 0 Å². The Morgan fingerprint density at radius 3 is 3.17 bits per heavy atom. The fraction of sp³-hybridized carbons (Fsp3) is 0.467.